The second kappa shape index (κ2) is 3.13. The number of carboxylic acids is 1. The van der Waals surface area contributed by atoms with Gasteiger partial charge in [0.1, 0.15) is 11.5 Å². The minimum atomic E-state index is -0.968. The van der Waals surface area contributed by atoms with E-state index in [-0.39, 0.29) is 5.91 Å². The lowest BCUT2D eigenvalue weighted by molar-refractivity contribution is -0.168. The minimum Gasteiger partial charge on any atom is -0.481 e. The maximum absolute atomic E-state index is 12.4. The zero-order valence-corrected chi connectivity index (χ0v) is 9.61. The number of hydrogen-bond donors (Lipinski definition) is 1. The van der Waals surface area contributed by atoms with Crippen LogP contribution in [0.15, 0.2) is 12.2 Å². The highest BCUT2D eigenvalue weighted by Gasteiger charge is 2.72. The number of hydrogen-bond acceptors (Lipinski definition) is 4. The van der Waals surface area contributed by atoms with Crippen LogP contribution in [-0.2, 0) is 19.1 Å². The van der Waals surface area contributed by atoms with Gasteiger partial charge in [-0.2, -0.15) is 0 Å². The summed E-state index contributed by atoms with van der Waals surface area (Å²) >= 11 is 0. The average molecular weight is 251 g/mol. The molecule has 6 heteroatoms. The lowest BCUT2D eigenvalue weighted by Gasteiger charge is -2.36. The van der Waals surface area contributed by atoms with Gasteiger partial charge in [0, 0.05) is 6.54 Å². The van der Waals surface area contributed by atoms with Gasteiger partial charge < -0.3 is 19.5 Å². The fourth-order valence-corrected chi connectivity index (χ4v) is 3.74. The van der Waals surface area contributed by atoms with Gasteiger partial charge in [0.05, 0.1) is 18.6 Å². The van der Waals surface area contributed by atoms with Crippen LogP contribution in [0.5, 0.6) is 0 Å². The van der Waals surface area contributed by atoms with Crippen LogP contribution in [0.25, 0.3) is 0 Å². The highest BCUT2D eigenvalue weighted by Crippen LogP contribution is 2.55. The Morgan fingerprint density at radius 2 is 2.39 bits per heavy atom. The molecule has 0 aromatic heterocycles. The second-order valence-corrected chi connectivity index (χ2v) is 5.25. The maximum Gasteiger partial charge on any atom is 0.310 e. The Balaban J connectivity index is 1.82. The first-order chi connectivity index (χ1) is 8.65. The van der Waals surface area contributed by atoms with E-state index in [1.807, 2.05) is 6.08 Å². The molecule has 5 atom stereocenters. The topological polar surface area (TPSA) is 76.1 Å². The van der Waals surface area contributed by atoms with Gasteiger partial charge in [-0.3, -0.25) is 9.59 Å². The number of nitrogens with zero attached hydrogens (tertiary/aromatic N) is 1. The first-order valence-corrected chi connectivity index (χ1v) is 6.17. The van der Waals surface area contributed by atoms with Crippen molar-refractivity contribution in [2.75, 3.05) is 13.2 Å². The van der Waals surface area contributed by atoms with Crippen molar-refractivity contribution in [1.82, 2.24) is 4.90 Å². The van der Waals surface area contributed by atoms with E-state index in [1.165, 1.54) is 0 Å². The number of ether oxygens (including phenoxy) is 2. The van der Waals surface area contributed by atoms with E-state index in [0.29, 0.717) is 13.2 Å². The molecule has 0 aliphatic carbocycles. The van der Waals surface area contributed by atoms with Crippen molar-refractivity contribution in [2.45, 2.75) is 24.4 Å². The highest BCUT2D eigenvalue weighted by atomic mass is 16.6. The van der Waals surface area contributed by atoms with Crippen LogP contribution in [0, 0.1) is 11.8 Å². The zero-order chi connectivity index (χ0) is 12.5. The lowest BCUT2D eigenvalue weighted by atomic mass is 9.76. The molecule has 4 aliphatic heterocycles. The predicted molar refractivity (Wildman–Crippen MR) is 57.4 cm³/mol. The number of amides is 1. The van der Waals surface area contributed by atoms with E-state index in [0.717, 1.165) is 6.42 Å². The van der Waals surface area contributed by atoms with Crippen molar-refractivity contribution in [3.05, 3.63) is 12.2 Å². The van der Waals surface area contributed by atoms with Crippen molar-refractivity contribution in [3.63, 3.8) is 0 Å². The molecule has 0 aromatic rings. The van der Waals surface area contributed by atoms with Crippen molar-refractivity contribution in [3.8, 4) is 0 Å². The maximum atomic E-state index is 12.4. The fourth-order valence-electron chi connectivity index (χ4n) is 3.74. The van der Waals surface area contributed by atoms with Crippen molar-refractivity contribution in [2.24, 2.45) is 11.8 Å². The second-order valence-electron chi connectivity index (χ2n) is 5.25. The van der Waals surface area contributed by atoms with Crippen LogP contribution in [0.2, 0.25) is 0 Å². The normalized spacial score (nSPS) is 48.4. The van der Waals surface area contributed by atoms with Gasteiger partial charge in [-0.25, -0.2) is 0 Å². The van der Waals surface area contributed by atoms with Gasteiger partial charge in [0.15, 0.2) is 6.23 Å². The molecule has 1 N–H and O–H groups in total. The molecule has 6 nitrogen and oxygen atoms in total. The molecule has 1 spiro atoms. The molecular formula is C12H13NO5. The van der Waals surface area contributed by atoms with Gasteiger partial charge >= 0.3 is 5.97 Å². The number of rotatable bonds is 1. The summed E-state index contributed by atoms with van der Waals surface area (Å²) in [6.45, 7) is 1.21. The number of aliphatic carboxylic acids is 1. The van der Waals surface area contributed by atoms with Crippen molar-refractivity contribution < 1.29 is 24.2 Å². The van der Waals surface area contributed by atoms with E-state index in [2.05, 4.69) is 0 Å². The number of carbonyl (C=O) groups is 2. The Morgan fingerprint density at radius 3 is 3.17 bits per heavy atom. The number of carbonyl (C=O) groups excluding carboxylic acids is 1. The third-order valence-electron chi connectivity index (χ3n) is 4.41. The monoisotopic (exact) mass is 251 g/mol. The molecule has 0 unspecified atom stereocenters. The van der Waals surface area contributed by atoms with E-state index in [1.54, 1.807) is 11.0 Å². The lowest BCUT2D eigenvalue weighted by Crippen LogP contribution is -2.49. The Bertz CT molecular complexity index is 475. The molecule has 0 radical (unpaired) electrons. The van der Waals surface area contributed by atoms with Crippen molar-refractivity contribution >= 4 is 11.9 Å². The smallest absolute Gasteiger partial charge is 0.310 e. The summed E-state index contributed by atoms with van der Waals surface area (Å²) in [6.07, 6.45) is 3.42. The summed E-state index contributed by atoms with van der Waals surface area (Å²) in [4.78, 5) is 25.4. The summed E-state index contributed by atoms with van der Waals surface area (Å²) in [5.41, 5.74) is -0.870. The highest BCUT2D eigenvalue weighted by molar-refractivity contribution is 5.91. The van der Waals surface area contributed by atoms with Crippen LogP contribution in [-0.4, -0.2) is 53.0 Å². The number of carboxylic acid groups (broad SMARTS) is 1. The molecule has 96 valence electrons. The van der Waals surface area contributed by atoms with Crippen LogP contribution in [0.4, 0.5) is 0 Å². The Morgan fingerprint density at radius 1 is 1.56 bits per heavy atom. The van der Waals surface area contributed by atoms with Crippen molar-refractivity contribution in [1.29, 1.82) is 0 Å². The minimum absolute atomic E-state index is 0.140. The molecular weight excluding hydrogens is 238 g/mol. The zero-order valence-electron chi connectivity index (χ0n) is 9.61. The molecule has 2 bridgehead atoms. The summed E-state index contributed by atoms with van der Waals surface area (Å²) in [7, 11) is 0. The summed E-state index contributed by atoms with van der Waals surface area (Å²) in [6, 6.07) is 0. The molecule has 4 heterocycles. The van der Waals surface area contributed by atoms with Crippen LogP contribution >= 0.6 is 0 Å². The standard InChI is InChI=1S/C12H13NO5/c14-9-8-7(10(15)16)6-2-3-12(8,18-6)11-13(9)4-1-5-17-11/h2-3,6-8,11H,1,4-5H2,(H,15,16)/t6-,7-,8+,11-,12+/m1/s1. The first-order valence-electron chi connectivity index (χ1n) is 6.17. The molecule has 3 fully saturated rings. The summed E-state index contributed by atoms with van der Waals surface area (Å²) < 4.78 is 11.5. The van der Waals surface area contributed by atoms with Gasteiger partial charge in [-0.05, 0) is 12.5 Å². The Labute approximate surface area is 103 Å². The SMILES string of the molecule is O=C(O)[C@H]1[C@H]2C(=O)N3CCCO[C@@H]3[C@]23C=C[C@H]1O3. The average Bonchev–Trinajstić information content (AvgIpc) is 2.99. The third kappa shape index (κ3) is 0.976. The van der Waals surface area contributed by atoms with Gasteiger partial charge in [-0.1, -0.05) is 6.08 Å². The molecule has 0 saturated carbocycles. The summed E-state index contributed by atoms with van der Waals surface area (Å²) in [5.74, 6) is -2.52. The fraction of sp³-hybridized carbons (Fsp3) is 0.667. The quantitative estimate of drug-likeness (QED) is 0.642. The first kappa shape index (κ1) is 10.5. The molecule has 3 saturated heterocycles. The molecule has 4 aliphatic rings. The summed E-state index contributed by atoms with van der Waals surface area (Å²) in [5, 5.41) is 9.30. The van der Waals surface area contributed by atoms with Crippen LogP contribution < -0.4 is 0 Å². The third-order valence-corrected chi connectivity index (χ3v) is 4.41. The van der Waals surface area contributed by atoms with Crippen LogP contribution in [0.1, 0.15) is 6.42 Å². The van der Waals surface area contributed by atoms with Gasteiger partial charge in [0.25, 0.3) is 0 Å². The molecule has 4 rings (SSSR count). The molecule has 18 heavy (non-hydrogen) atoms. The van der Waals surface area contributed by atoms with E-state index in [4.69, 9.17) is 9.47 Å². The van der Waals surface area contributed by atoms with Crippen LogP contribution in [0.3, 0.4) is 0 Å². The van der Waals surface area contributed by atoms with Gasteiger partial charge in [0.2, 0.25) is 5.91 Å². The van der Waals surface area contributed by atoms with E-state index < -0.39 is 35.7 Å². The molecule has 0 aromatic carbocycles. The van der Waals surface area contributed by atoms with E-state index in [9.17, 15) is 14.7 Å². The van der Waals surface area contributed by atoms with Gasteiger partial charge in [-0.15, -0.1) is 0 Å². The Kier molecular flexibility index (Phi) is 1.83. The largest absolute Gasteiger partial charge is 0.481 e. The Hall–Kier alpha value is -1.40. The van der Waals surface area contributed by atoms with E-state index >= 15 is 0 Å². The molecule has 1 amide bonds. The number of fused-ring (bicyclic) bond motifs is 2. The predicted octanol–water partition coefficient (Wildman–Crippen LogP) is -0.401.